The summed E-state index contributed by atoms with van der Waals surface area (Å²) in [7, 11) is -3.39. The first-order valence-corrected chi connectivity index (χ1v) is 8.11. The number of aryl methyl sites for hydroxylation is 1. The van der Waals surface area contributed by atoms with Gasteiger partial charge in [-0.3, -0.25) is 0 Å². The van der Waals surface area contributed by atoms with E-state index in [1.165, 1.54) is 37.3 Å². The molecule has 0 amide bonds. The third-order valence-corrected chi connectivity index (χ3v) is 4.40. The Morgan fingerprint density at radius 3 is 2.38 bits per heavy atom. The van der Waals surface area contributed by atoms with Crippen molar-refractivity contribution in [3.8, 4) is 0 Å². The fraction of sp³-hybridized carbons (Fsp3) is 0.200. The maximum Gasteiger partial charge on any atom is 0.175 e. The first-order valence-electron chi connectivity index (χ1n) is 6.22. The number of benzene rings is 2. The van der Waals surface area contributed by atoms with E-state index in [4.69, 9.17) is 5.73 Å². The monoisotopic (exact) mass is 311 g/mol. The van der Waals surface area contributed by atoms with Gasteiger partial charge < -0.3 is 5.73 Å². The largest absolute Gasteiger partial charge is 0.320 e. The molecule has 0 fully saturated rings. The maximum atomic E-state index is 14.0. The van der Waals surface area contributed by atoms with Crippen LogP contribution in [0.15, 0.2) is 41.3 Å². The molecule has 0 spiro atoms. The van der Waals surface area contributed by atoms with Crippen LogP contribution in [0, 0.1) is 18.6 Å². The van der Waals surface area contributed by atoms with Gasteiger partial charge in [0.15, 0.2) is 21.5 Å². The molecule has 2 aromatic rings. The quantitative estimate of drug-likeness (QED) is 0.948. The third kappa shape index (κ3) is 3.11. The minimum Gasteiger partial charge on any atom is -0.320 e. The van der Waals surface area contributed by atoms with Gasteiger partial charge in [0, 0.05) is 11.8 Å². The van der Waals surface area contributed by atoms with Crippen molar-refractivity contribution in [2.45, 2.75) is 17.9 Å². The van der Waals surface area contributed by atoms with Crippen LogP contribution < -0.4 is 5.73 Å². The third-order valence-electron chi connectivity index (χ3n) is 3.29. The van der Waals surface area contributed by atoms with Gasteiger partial charge in [0.05, 0.1) is 10.9 Å². The van der Waals surface area contributed by atoms with E-state index < -0.39 is 27.5 Å². The minimum atomic E-state index is -3.39. The molecule has 0 aliphatic heterocycles. The van der Waals surface area contributed by atoms with E-state index in [-0.39, 0.29) is 16.0 Å². The lowest BCUT2D eigenvalue weighted by Crippen LogP contribution is -2.15. The lowest BCUT2D eigenvalue weighted by atomic mass is 9.98. The summed E-state index contributed by atoms with van der Waals surface area (Å²) in [6, 6.07) is 7.81. The summed E-state index contributed by atoms with van der Waals surface area (Å²) in [5, 5.41) is 0. The first kappa shape index (κ1) is 15.6. The summed E-state index contributed by atoms with van der Waals surface area (Å²) in [5.41, 5.74) is 6.53. The zero-order valence-corrected chi connectivity index (χ0v) is 12.4. The smallest absolute Gasteiger partial charge is 0.175 e. The molecule has 2 rings (SSSR count). The van der Waals surface area contributed by atoms with Crippen molar-refractivity contribution in [3.05, 3.63) is 64.7 Å². The molecule has 0 saturated heterocycles. The molecule has 0 aliphatic rings. The highest BCUT2D eigenvalue weighted by Gasteiger charge is 2.19. The number of rotatable bonds is 3. The van der Waals surface area contributed by atoms with E-state index in [1.54, 1.807) is 6.07 Å². The Bertz CT molecular complexity index is 788. The molecule has 0 radical (unpaired) electrons. The highest BCUT2D eigenvalue weighted by Crippen LogP contribution is 2.26. The average molecular weight is 311 g/mol. The molecule has 0 bridgehead atoms. The Kier molecular flexibility index (Phi) is 4.11. The predicted octanol–water partition coefficient (Wildman–Crippen LogP) is 2.72. The molecular formula is C15H15F2NO2S. The number of halogens is 2. The molecule has 0 heterocycles. The second-order valence-electron chi connectivity index (χ2n) is 4.92. The number of hydrogen-bond acceptors (Lipinski definition) is 3. The van der Waals surface area contributed by atoms with Crippen LogP contribution in [-0.2, 0) is 9.84 Å². The van der Waals surface area contributed by atoms with Crippen LogP contribution in [0.5, 0.6) is 0 Å². The van der Waals surface area contributed by atoms with Crippen LogP contribution in [0.2, 0.25) is 0 Å². The van der Waals surface area contributed by atoms with Crippen LogP contribution in [0.1, 0.15) is 22.7 Å². The van der Waals surface area contributed by atoms with Gasteiger partial charge in [-0.1, -0.05) is 24.3 Å². The summed E-state index contributed by atoms with van der Waals surface area (Å²) < 4.78 is 50.6. The van der Waals surface area contributed by atoms with E-state index in [0.717, 1.165) is 6.26 Å². The molecule has 6 heteroatoms. The molecule has 112 valence electrons. The van der Waals surface area contributed by atoms with Gasteiger partial charge in [-0.2, -0.15) is 0 Å². The molecule has 0 saturated carbocycles. The lowest BCUT2D eigenvalue weighted by Gasteiger charge is -2.15. The Morgan fingerprint density at radius 1 is 1.10 bits per heavy atom. The van der Waals surface area contributed by atoms with Crippen LogP contribution >= 0.6 is 0 Å². The minimum absolute atomic E-state index is 0.0104. The zero-order valence-electron chi connectivity index (χ0n) is 11.6. The normalized spacial score (nSPS) is 13.2. The molecule has 1 unspecified atom stereocenters. The second kappa shape index (κ2) is 5.54. The first-order chi connectivity index (χ1) is 9.71. The molecule has 2 aromatic carbocycles. The maximum absolute atomic E-state index is 14.0. The SMILES string of the molecule is Cc1ccc(C(N)c2cccc(S(C)(=O)=O)c2)c(F)c1F. The van der Waals surface area contributed by atoms with Crippen LogP contribution in [-0.4, -0.2) is 14.7 Å². The van der Waals surface area contributed by atoms with Crippen molar-refractivity contribution in [2.24, 2.45) is 5.73 Å². The summed E-state index contributed by atoms with van der Waals surface area (Å²) >= 11 is 0. The molecule has 1 atom stereocenters. The van der Waals surface area contributed by atoms with Gasteiger partial charge in [0.25, 0.3) is 0 Å². The van der Waals surface area contributed by atoms with Crippen molar-refractivity contribution >= 4 is 9.84 Å². The van der Waals surface area contributed by atoms with Crippen molar-refractivity contribution in [3.63, 3.8) is 0 Å². The van der Waals surface area contributed by atoms with E-state index in [1.807, 2.05) is 0 Å². The van der Waals surface area contributed by atoms with Gasteiger partial charge in [0.2, 0.25) is 0 Å². The van der Waals surface area contributed by atoms with Crippen molar-refractivity contribution in [2.75, 3.05) is 6.26 Å². The summed E-state index contributed by atoms with van der Waals surface area (Å²) in [6.07, 6.45) is 1.07. The van der Waals surface area contributed by atoms with Gasteiger partial charge in [-0.25, -0.2) is 17.2 Å². The lowest BCUT2D eigenvalue weighted by molar-refractivity contribution is 0.489. The highest BCUT2D eigenvalue weighted by atomic mass is 32.2. The molecule has 0 aliphatic carbocycles. The average Bonchev–Trinajstić information content (AvgIpc) is 2.43. The topological polar surface area (TPSA) is 60.2 Å². The van der Waals surface area contributed by atoms with Crippen LogP contribution in [0.3, 0.4) is 0 Å². The van der Waals surface area contributed by atoms with Crippen LogP contribution in [0.25, 0.3) is 0 Å². The highest BCUT2D eigenvalue weighted by molar-refractivity contribution is 7.90. The molecule has 2 N–H and O–H groups in total. The van der Waals surface area contributed by atoms with Gasteiger partial charge >= 0.3 is 0 Å². The van der Waals surface area contributed by atoms with Gasteiger partial charge in [-0.15, -0.1) is 0 Å². The van der Waals surface area contributed by atoms with E-state index in [2.05, 4.69) is 0 Å². The van der Waals surface area contributed by atoms with E-state index >= 15 is 0 Å². The number of nitrogens with two attached hydrogens (primary N) is 1. The molecule has 0 aromatic heterocycles. The summed E-state index contributed by atoms with van der Waals surface area (Å²) in [4.78, 5) is 0.0865. The fourth-order valence-electron chi connectivity index (χ4n) is 2.02. The second-order valence-corrected chi connectivity index (χ2v) is 6.94. The summed E-state index contributed by atoms with van der Waals surface area (Å²) in [6.45, 7) is 1.46. The Morgan fingerprint density at radius 2 is 1.76 bits per heavy atom. The van der Waals surface area contributed by atoms with Crippen molar-refractivity contribution in [1.29, 1.82) is 0 Å². The molecule has 3 nitrogen and oxygen atoms in total. The fourth-order valence-corrected chi connectivity index (χ4v) is 2.70. The zero-order chi connectivity index (χ0) is 15.8. The number of sulfone groups is 1. The predicted molar refractivity (Wildman–Crippen MR) is 76.7 cm³/mol. The molecule has 21 heavy (non-hydrogen) atoms. The van der Waals surface area contributed by atoms with Crippen molar-refractivity contribution in [1.82, 2.24) is 0 Å². The Hall–Kier alpha value is -1.79. The summed E-state index contributed by atoms with van der Waals surface area (Å²) in [5.74, 6) is -1.95. The Labute approximate surface area is 122 Å². The van der Waals surface area contributed by atoms with E-state index in [9.17, 15) is 17.2 Å². The van der Waals surface area contributed by atoms with Crippen molar-refractivity contribution < 1.29 is 17.2 Å². The molecular weight excluding hydrogens is 296 g/mol. The van der Waals surface area contributed by atoms with E-state index in [0.29, 0.717) is 5.56 Å². The van der Waals surface area contributed by atoms with Gasteiger partial charge in [-0.05, 0) is 30.2 Å². The Balaban J connectivity index is 2.51. The van der Waals surface area contributed by atoms with Crippen LogP contribution in [0.4, 0.5) is 8.78 Å². The number of hydrogen-bond donors (Lipinski definition) is 1. The van der Waals surface area contributed by atoms with Gasteiger partial charge in [0.1, 0.15) is 0 Å². The standard InChI is InChI=1S/C15H15F2NO2S/c1-9-6-7-12(14(17)13(9)16)15(18)10-4-3-5-11(8-10)21(2,19)20/h3-8,15H,18H2,1-2H3.